The summed E-state index contributed by atoms with van der Waals surface area (Å²) in [5.41, 5.74) is 0.555. The number of carbonyl (C=O) groups is 2. The normalized spacial score (nSPS) is 10.3. The standard InChI is InChI=1S/C14H6Br4O3/c15-7-1-3-9(11(17)5-7)13(19)21-14(20)10-4-2-8(16)6-12(10)18/h1-6H. The SMILES string of the molecule is O=C(OC(=O)c1ccc(Br)cc1Br)c1ccc(Br)cc1Br. The minimum atomic E-state index is -0.714. The third-order valence-electron chi connectivity index (χ3n) is 2.49. The first kappa shape index (κ1) is 16.9. The van der Waals surface area contributed by atoms with Gasteiger partial charge in [0.05, 0.1) is 11.1 Å². The molecule has 0 aliphatic carbocycles. The summed E-state index contributed by atoms with van der Waals surface area (Å²) in [6, 6.07) is 9.94. The van der Waals surface area contributed by atoms with Crippen molar-refractivity contribution in [2.75, 3.05) is 0 Å². The Balaban J connectivity index is 2.21. The highest BCUT2D eigenvalue weighted by molar-refractivity contribution is 9.11. The largest absolute Gasteiger partial charge is 0.386 e. The minimum absolute atomic E-state index is 0.278. The number of hydrogen-bond acceptors (Lipinski definition) is 3. The predicted molar refractivity (Wildman–Crippen MR) is 93.4 cm³/mol. The zero-order chi connectivity index (χ0) is 15.6. The van der Waals surface area contributed by atoms with Crippen molar-refractivity contribution in [3.05, 3.63) is 65.4 Å². The molecule has 0 heterocycles. The second kappa shape index (κ2) is 7.17. The molecule has 7 heteroatoms. The number of ether oxygens (including phenoxy) is 1. The van der Waals surface area contributed by atoms with E-state index >= 15 is 0 Å². The van der Waals surface area contributed by atoms with Crippen LogP contribution in [0, 0.1) is 0 Å². The Kier molecular flexibility index (Phi) is 5.76. The molecule has 0 saturated carbocycles. The molecule has 3 nitrogen and oxygen atoms in total. The molecule has 0 saturated heterocycles. The monoisotopic (exact) mass is 538 g/mol. The van der Waals surface area contributed by atoms with Crippen LogP contribution in [0.1, 0.15) is 20.7 Å². The predicted octanol–water partition coefficient (Wildman–Crippen LogP) is 5.73. The third-order valence-corrected chi connectivity index (χ3v) is 4.79. The first-order chi connectivity index (χ1) is 9.88. The van der Waals surface area contributed by atoms with Crippen molar-refractivity contribution in [1.82, 2.24) is 0 Å². The lowest BCUT2D eigenvalue weighted by Gasteiger charge is -2.07. The van der Waals surface area contributed by atoms with E-state index in [1.54, 1.807) is 36.4 Å². The van der Waals surface area contributed by atoms with Crippen molar-refractivity contribution in [1.29, 1.82) is 0 Å². The van der Waals surface area contributed by atoms with Crippen molar-refractivity contribution in [2.45, 2.75) is 0 Å². The van der Waals surface area contributed by atoms with Gasteiger partial charge in [0, 0.05) is 17.9 Å². The van der Waals surface area contributed by atoms with Crippen molar-refractivity contribution in [3.8, 4) is 0 Å². The Morgan fingerprint density at radius 2 is 1.10 bits per heavy atom. The number of esters is 2. The summed E-state index contributed by atoms with van der Waals surface area (Å²) in [6.45, 7) is 0. The zero-order valence-electron chi connectivity index (χ0n) is 10.2. The second-order valence-corrected chi connectivity index (χ2v) is 7.47. The number of hydrogen-bond donors (Lipinski definition) is 0. The molecule has 108 valence electrons. The van der Waals surface area contributed by atoms with Crippen LogP contribution in [-0.4, -0.2) is 11.9 Å². The molecule has 0 N–H and O–H groups in total. The molecular formula is C14H6Br4O3. The molecule has 0 bridgehead atoms. The van der Waals surface area contributed by atoms with Gasteiger partial charge in [-0.1, -0.05) is 31.9 Å². The van der Waals surface area contributed by atoms with E-state index in [0.717, 1.165) is 8.95 Å². The van der Waals surface area contributed by atoms with Crippen LogP contribution in [-0.2, 0) is 4.74 Å². The lowest BCUT2D eigenvalue weighted by molar-refractivity contribution is 0.0396. The van der Waals surface area contributed by atoms with Crippen LogP contribution >= 0.6 is 63.7 Å². The fourth-order valence-corrected chi connectivity index (χ4v) is 3.92. The Bertz CT molecular complexity index is 667. The van der Waals surface area contributed by atoms with Gasteiger partial charge in [-0.25, -0.2) is 9.59 Å². The van der Waals surface area contributed by atoms with Crippen molar-refractivity contribution < 1.29 is 14.3 Å². The van der Waals surface area contributed by atoms with E-state index in [-0.39, 0.29) is 11.1 Å². The van der Waals surface area contributed by atoms with Gasteiger partial charge in [-0.2, -0.15) is 0 Å². The van der Waals surface area contributed by atoms with E-state index in [0.29, 0.717) is 8.95 Å². The van der Waals surface area contributed by atoms with Gasteiger partial charge in [-0.3, -0.25) is 0 Å². The molecule has 0 radical (unpaired) electrons. The van der Waals surface area contributed by atoms with Crippen molar-refractivity contribution >= 4 is 75.7 Å². The van der Waals surface area contributed by atoms with Gasteiger partial charge in [-0.15, -0.1) is 0 Å². The van der Waals surface area contributed by atoms with E-state index < -0.39 is 11.9 Å². The van der Waals surface area contributed by atoms with Gasteiger partial charge >= 0.3 is 11.9 Å². The molecule has 0 amide bonds. The molecule has 0 fully saturated rings. The maximum atomic E-state index is 12.0. The van der Waals surface area contributed by atoms with Crippen LogP contribution < -0.4 is 0 Å². The molecule has 0 spiro atoms. The Labute approximate surface area is 154 Å². The van der Waals surface area contributed by atoms with Crippen LogP contribution in [0.25, 0.3) is 0 Å². The summed E-state index contributed by atoms with van der Waals surface area (Å²) in [5, 5.41) is 0. The molecule has 0 unspecified atom stereocenters. The Morgan fingerprint density at radius 1 is 0.714 bits per heavy atom. The van der Waals surface area contributed by atoms with E-state index in [1.165, 1.54) is 0 Å². The molecule has 0 atom stereocenters. The summed E-state index contributed by atoms with van der Waals surface area (Å²) in [7, 11) is 0. The molecule has 0 aromatic heterocycles. The van der Waals surface area contributed by atoms with Crippen LogP contribution in [0.5, 0.6) is 0 Å². The molecule has 21 heavy (non-hydrogen) atoms. The molecule has 2 rings (SSSR count). The third kappa shape index (κ3) is 4.25. The average Bonchev–Trinajstić information content (AvgIpc) is 2.37. The van der Waals surface area contributed by atoms with Crippen molar-refractivity contribution in [3.63, 3.8) is 0 Å². The van der Waals surface area contributed by atoms with Crippen LogP contribution in [0.4, 0.5) is 0 Å². The summed E-state index contributed by atoms with van der Waals surface area (Å²) < 4.78 is 7.61. The van der Waals surface area contributed by atoms with Gasteiger partial charge in [0.2, 0.25) is 0 Å². The highest BCUT2D eigenvalue weighted by Gasteiger charge is 2.19. The molecule has 2 aromatic rings. The number of halogens is 4. The van der Waals surface area contributed by atoms with Crippen LogP contribution in [0.15, 0.2) is 54.3 Å². The Morgan fingerprint density at radius 3 is 1.43 bits per heavy atom. The first-order valence-corrected chi connectivity index (χ1v) is 8.72. The molecule has 0 aliphatic rings. The summed E-state index contributed by atoms with van der Waals surface area (Å²) >= 11 is 13.1. The van der Waals surface area contributed by atoms with Gasteiger partial charge in [0.1, 0.15) is 0 Å². The fourth-order valence-electron chi connectivity index (χ4n) is 1.50. The second-order valence-electron chi connectivity index (χ2n) is 3.93. The lowest BCUT2D eigenvalue weighted by Crippen LogP contribution is -2.13. The van der Waals surface area contributed by atoms with Gasteiger partial charge in [0.15, 0.2) is 0 Å². The molecule has 2 aromatic carbocycles. The highest BCUT2D eigenvalue weighted by atomic mass is 79.9. The van der Waals surface area contributed by atoms with E-state index in [4.69, 9.17) is 4.74 Å². The van der Waals surface area contributed by atoms with Gasteiger partial charge in [-0.05, 0) is 68.3 Å². The average molecular weight is 542 g/mol. The maximum absolute atomic E-state index is 12.0. The number of benzene rings is 2. The summed E-state index contributed by atoms with van der Waals surface area (Å²) in [5.74, 6) is -1.43. The quantitative estimate of drug-likeness (QED) is 0.360. The van der Waals surface area contributed by atoms with Crippen LogP contribution in [0.3, 0.4) is 0 Å². The highest BCUT2D eigenvalue weighted by Crippen LogP contribution is 2.25. The van der Waals surface area contributed by atoms with E-state index in [2.05, 4.69) is 63.7 Å². The first-order valence-electron chi connectivity index (χ1n) is 5.55. The summed E-state index contributed by atoms with van der Waals surface area (Å²) in [4.78, 5) is 24.1. The van der Waals surface area contributed by atoms with Crippen molar-refractivity contribution in [2.24, 2.45) is 0 Å². The smallest absolute Gasteiger partial charge is 0.347 e. The van der Waals surface area contributed by atoms with Gasteiger partial charge < -0.3 is 4.74 Å². The van der Waals surface area contributed by atoms with E-state index in [9.17, 15) is 9.59 Å². The van der Waals surface area contributed by atoms with Crippen LogP contribution in [0.2, 0.25) is 0 Å². The number of rotatable bonds is 2. The summed E-state index contributed by atoms with van der Waals surface area (Å²) in [6.07, 6.45) is 0. The van der Waals surface area contributed by atoms with E-state index in [1.807, 2.05) is 0 Å². The lowest BCUT2D eigenvalue weighted by atomic mass is 10.2. The maximum Gasteiger partial charge on any atom is 0.347 e. The topological polar surface area (TPSA) is 43.4 Å². The minimum Gasteiger partial charge on any atom is -0.386 e. The molecular weight excluding hydrogens is 536 g/mol. The number of carbonyl (C=O) groups excluding carboxylic acids is 2. The van der Waals surface area contributed by atoms with Gasteiger partial charge in [0.25, 0.3) is 0 Å². The zero-order valence-corrected chi connectivity index (χ0v) is 16.5. The molecule has 0 aliphatic heterocycles. The fraction of sp³-hybridized carbons (Fsp3) is 0. The Hall–Kier alpha value is -0.500.